The summed E-state index contributed by atoms with van der Waals surface area (Å²) in [7, 11) is 0. The van der Waals surface area contributed by atoms with Crippen molar-refractivity contribution in [2.75, 3.05) is 0 Å². The molecule has 5 atom stereocenters. The Hall–Kier alpha value is -0.980. The van der Waals surface area contributed by atoms with E-state index in [0.29, 0.717) is 22.5 Å². The minimum Gasteiger partial charge on any atom is -0.512 e. The first kappa shape index (κ1) is 15.5. The molecule has 0 spiro atoms. The molecule has 0 amide bonds. The molecule has 1 saturated carbocycles. The Labute approximate surface area is 141 Å². The summed E-state index contributed by atoms with van der Waals surface area (Å²) >= 11 is 0. The average molecular weight is 312 g/mol. The summed E-state index contributed by atoms with van der Waals surface area (Å²) in [6.45, 7) is 12.4. The van der Waals surface area contributed by atoms with Crippen molar-refractivity contribution in [3.63, 3.8) is 0 Å². The molecule has 0 radical (unpaired) electrons. The number of aliphatic hydroxyl groups is 1. The zero-order chi connectivity index (χ0) is 16.6. The van der Waals surface area contributed by atoms with Crippen molar-refractivity contribution in [1.29, 1.82) is 0 Å². The first-order chi connectivity index (χ1) is 10.7. The van der Waals surface area contributed by atoms with Gasteiger partial charge in [-0.3, -0.25) is 0 Å². The van der Waals surface area contributed by atoms with Crippen LogP contribution in [0, 0.1) is 34.0 Å². The Morgan fingerprint density at radius 2 is 1.87 bits per heavy atom. The largest absolute Gasteiger partial charge is 0.512 e. The molecular weight excluding hydrogens is 280 g/mol. The van der Waals surface area contributed by atoms with Crippen LogP contribution in [-0.4, -0.2) is 5.11 Å². The van der Waals surface area contributed by atoms with E-state index in [0.717, 1.165) is 24.7 Å². The Morgan fingerprint density at radius 3 is 2.61 bits per heavy atom. The summed E-state index contributed by atoms with van der Waals surface area (Å²) in [6.07, 6.45) is 13.0. The first-order valence-electron chi connectivity index (χ1n) is 9.52. The number of aliphatic hydroxyl groups excluding tert-OH is 1. The maximum absolute atomic E-state index is 9.97. The van der Waals surface area contributed by atoms with Crippen LogP contribution in [0.5, 0.6) is 0 Å². The fourth-order valence-corrected chi connectivity index (χ4v) is 6.61. The van der Waals surface area contributed by atoms with Gasteiger partial charge in [0, 0.05) is 11.8 Å². The van der Waals surface area contributed by atoms with Crippen LogP contribution in [0.1, 0.15) is 66.7 Å². The van der Waals surface area contributed by atoms with Crippen LogP contribution >= 0.6 is 0 Å². The number of hydrogen-bond acceptors (Lipinski definition) is 1. The summed E-state index contributed by atoms with van der Waals surface area (Å²) in [5, 5.41) is 9.97. The third kappa shape index (κ3) is 1.80. The van der Waals surface area contributed by atoms with Crippen LogP contribution in [0.4, 0.5) is 0 Å². The fraction of sp³-hybridized carbons (Fsp3) is 0.727. The third-order valence-corrected chi connectivity index (χ3v) is 8.64. The lowest BCUT2D eigenvalue weighted by atomic mass is 9.48. The van der Waals surface area contributed by atoms with Crippen LogP contribution in [0.15, 0.2) is 35.1 Å². The molecule has 126 valence electrons. The molecule has 4 aliphatic rings. The zero-order valence-electron chi connectivity index (χ0n) is 15.4. The van der Waals surface area contributed by atoms with Gasteiger partial charge in [0.25, 0.3) is 0 Å². The van der Waals surface area contributed by atoms with Crippen LogP contribution in [-0.2, 0) is 0 Å². The Balaban J connectivity index is 1.83. The van der Waals surface area contributed by atoms with Gasteiger partial charge in [0.2, 0.25) is 0 Å². The highest BCUT2D eigenvalue weighted by Gasteiger charge is 2.60. The van der Waals surface area contributed by atoms with Gasteiger partial charge in [-0.25, -0.2) is 0 Å². The highest BCUT2D eigenvalue weighted by Crippen LogP contribution is 2.68. The molecule has 1 fully saturated rings. The molecule has 0 aliphatic heterocycles. The Bertz CT molecular complexity index is 634. The summed E-state index contributed by atoms with van der Waals surface area (Å²) in [4.78, 5) is 0. The van der Waals surface area contributed by atoms with E-state index in [4.69, 9.17) is 0 Å². The number of hydrogen-bond donors (Lipinski definition) is 1. The molecule has 0 heterocycles. The normalized spacial score (nSPS) is 47.7. The lowest BCUT2D eigenvalue weighted by molar-refractivity contribution is 0.00392. The van der Waals surface area contributed by atoms with E-state index in [1.165, 1.54) is 24.8 Å². The molecule has 0 bridgehead atoms. The number of rotatable bonds is 0. The van der Waals surface area contributed by atoms with E-state index in [9.17, 15) is 5.11 Å². The monoisotopic (exact) mass is 312 g/mol. The second-order valence-electron chi connectivity index (χ2n) is 9.69. The van der Waals surface area contributed by atoms with E-state index in [-0.39, 0.29) is 5.41 Å². The van der Waals surface area contributed by atoms with Crippen molar-refractivity contribution in [3.05, 3.63) is 35.1 Å². The van der Waals surface area contributed by atoms with Gasteiger partial charge in [-0.2, -0.15) is 0 Å². The molecule has 4 aliphatic carbocycles. The van der Waals surface area contributed by atoms with Crippen LogP contribution in [0.3, 0.4) is 0 Å². The third-order valence-electron chi connectivity index (χ3n) is 8.64. The van der Waals surface area contributed by atoms with E-state index in [1.807, 2.05) is 0 Å². The van der Waals surface area contributed by atoms with E-state index in [2.05, 4.69) is 52.8 Å². The van der Waals surface area contributed by atoms with Crippen LogP contribution in [0.2, 0.25) is 0 Å². The standard InChI is InChI=1S/C22H32O/c1-14-12-19-17(18-9-10-20(2,3)22(14,18)5)7-6-15-13-16(23)8-11-21(15,19)4/h6,12-14,17-18,23H,7-11H2,1-5H3. The van der Waals surface area contributed by atoms with Gasteiger partial charge in [-0.05, 0) is 65.9 Å². The molecule has 5 unspecified atom stereocenters. The van der Waals surface area contributed by atoms with Gasteiger partial charge in [-0.15, -0.1) is 0 Å². The molecule has 23 heavy (non-hydrogen) atoms. The van der Waals surface area contributed by atoms with Gasteiger partial charge in [0.15, 0.2) is 0 Å². The first-order valence-corrected chi connectivity index (χ1v) is 9.52. The predicted molar refractivity (Wildman–Crippen MR) is 96.1 cm³/mol. The maximum atomic E-state index is 9.97. The van der Waals surface area contributed by atoms with Crippen molar-refractivity contribution in [3.8, 4) is 0 Å². The lowest BCUT2D eigenvalue weighted by Crippen LogP contribution is -2.49. The van der Waals surface area contributed by atoms with Gasteiger partial charge >= 0.3 is 0 Å². The van der Waals surface area contributed by atoms with Gasteiger partial charge in [-0.1, -0.05) is 52.3 Å². The Kier molecular flexibility index (Phi) is 3.08. The summed E-state index contributed by atoms with van der Waals surface area (Å²) in [6, 6.07) is 0. The predicted octanol–water partition coefficient (Wildman–Crippen LogP) is 6.19. The number of allylic oxidation sites excluding steroid dienone is 6. The van der Waals surface area contributed by atoms with Crippen molar-refractivity contribution in [2.24, 2.45) is 34.0 Å². The van der Waals surface area contributed by atoms with Gasteiger partial charge in [0.05, 0.1) is 5.76 Å². The van der Waals surface area contributed by atoms with Crippen LogP contribution < -0.4 is 0 Å². The molecule has 1 nitrogen and oxygen atoms in total. The minimum absolute atomic E-state index is 0.164. The van der Waals surface area contributed by atoms with Gasteiger partial charge < -0.3 is 5.11 Å². The lowest BCUT2D eigenvalue weighted by Gasteiger charge is -2.56. The molecule has 1 N–H and O–H groups in total. The molecule has 4 rings (SSSR count). The van der Waals surface area contributed by atoms with E-state index >= 15 is 0 Å². The molecule has 0 aromatic carbocycles. The molecule has 0 aromatic rings. The zero-order valence-corrected chi connectivity index (χ0v) is 15.4. The summed E-state index contributed by atoms with van der Waals surface area (Å²) in [5.74, 6) is 2.76. The molecule has 0 aromatic heterocycles. The van der Waals surface area contributed by atoms with Crippen molar-refractivity contribution < 1.29 is 5.11 Å². The molecular formula is C22H32O. The van der Waals surface area contributed by atoms with Crippen molar-refractivity contribution in [1.82, 2.24) is 0 Å². The quantitative estimate of drug-likeness (QED) is 0.528. The second kappa shape index (κ2) is 4.55. The molecule has 1 heteroatoms. The summed E-state index contributed by atoms with van der Waals surface area (Å²) in [5.41, 5.74) is 4.10. The Morgan fingerprint density at radius 1 is 1.13 bits per heavy atom. The fourth-order valence-electron chi connectivity index (χ4n) is 6.61. The smallest absolute Gasteiger partial charge is 0.0926 e. The number of fused-ring (bicyclic) bond motifs is 5. The topological polar surface area (TPSA) is 20.2 Å². The van der Waals surface area contributed by atoms with Gasteiger partial charge in [0.1, 0.15) is 0 Å². The maximum Gasteiger partial charge on any atom is 0.0926 e. The molecule has 0 saturated heterocycles. The van der Waals surface area contributed by atoms with Crippen molar-refractivity contribution >= 4 is 0 Å². The second-order valence-corrected chi connectivity index (χ2v) is 9.69. The minimum atomic E-state index is 0.164. The average Bonchev–Trinajstić information content (AvgIpc) is 2.73. The van der Waals surface area contributed by atoms with E-state index in [1.54, 1.807) is 5.57 Å². The highest BCUT2D eigenvalue weighted by molar-refractivity contribution is 5.45. The summed E-state index contributed by atoms with van der Waals surface area (Å²) < 4.78 is 0. The van der Waals surface area contributed by atoms with Crippen LogP contribution in [0.25, 0.3) is 0 Å². The van der Waals surface area contributed by atoms with Crippen molar-refractivity contribution in [2.45, 2.75) is 66.7 Å². The highest BCUT2D eigenvalue weighted by atomic mass is 16.3. The SMILES string of the molecule is CC1C=C2C(CC=C3C=C(O)CCC32C)C2CCC(C)(C)C12C. The van der Waals surface area contributed by atoms with E-state index < -0.39 is 0 Å².